The molecule has 3 rings (SSSR count). The van der Waals surface area contributed by atoms with Crippen molar-refractivity contribution in [1.82, 2.24) is 9.62 Å². The van der Waals surface area contributed by atoms with Gasteiger partial charge in [-0.3, -0.25) is 15.0 Å². The summed E-state index contributed by atoms with van der Waals surface area (Å²) in [6.07, 6.45) is 2.43. The van der Waals surface area contributed by atoms with Crippen molar-refractivity contribution in [3.05, 3.63) is 57.6 Å². The van der Waals surface area contributed by atoms with Gasteiger partial charge in [-0.15, -0.1) is 0 Å². The minimum atomic E-state index is -3.77. The maximum Gasteiger partial charge on any atom is 0.270 e. The van der Waals surface area contributed by atoms with Crippen molar-refractivity contribution in [1.29, 1.82) is 0 Å². The fourth-order valence-corrected chi connectivity index (χ4v) is 4.76. The molecule has 0 bridgehead atoms. The van der Waals surface area contributed by atoms with Crippen LogP contribution in [0.3, 0.4) is 0 Å². The molecule has 0 saturated heterocycles. The summed E-state index contributed by atoms with van der Waals surface area (Å²) in [6.45, 7) is 2.88. The van der Waals surface area contributed by atoms with Crippen molar-refractivity contribution in [2.75, 3.05) is 33.9 Å². The summed E-state index contributed by atoms with van der Waals surface area (Å²) in [6, 6.07) is 9.11. The molecule has 168 valence electrons. The monoisotopic (exact) mass is 449 g/mol. The Morgan fingerprint density at radius 2 is 1.81 bits per heavy atom. The molecule has 0 aliphatic carbocycles. The summed E-state index contributed by atoms with van der Waals surface area (Å²) < 4.78 is 38.0. The molecule has 0 radical (unpaired) electrons. The van der Waals surface area contributed by atoms with Crippen LogP contribution in [0.2, 0.25) is 0 Å². The second-order valence-corrected chi connectivity index (χ2v) is 9.13. The van der Waals surface area contributed by atoms with Gasteiger partial charge in [0.2, 0.25) is 10.0 Å². The molecule has 0 aromatic heterocycles. The number of non-ortho nitro benzene ring substituents is 1. The van der Waals surface area contributed by atoms with E-state index in [0.717, 1.165) is 50.0 Å². The first kappa shape index (κ1) is 23.0. The predicted octanol–water partition coefficient (Wildman–Crippen LogP) is 2.73. The van der Waals surface area contributed by atoms with Gasteiger partial charge in [0.25, 0.3) is 5.69 Å². The summed E-state index contributed by atoms with van der Waals surface area (Å²) in [7, 11) is -0.514. The van der Waals surface area contributed by atoms with E-state index in [4.69, 9.17) is 9.47 Å². The highest BCUT2D eigenvalue weighted by molar-refractivity contribution is 7.89. The standard InChI is InChI=1S/C21H27N3O6S/c1-29-20-12-16-8-11-23(15-17(16)13-21(20)30-2)10-4-3-9-22-31(27,28)19-7-5-6-18(14-19)24(25)26/h5-7,12-14,22H,3-4,8-11,15H2,1-2H3. The minimum Gasteiger partial charge on any atom is -0.493 e. The Bertz CT molecular complexity index is 1040. The first-order chi connectivity index (χ1) is 14.8. The number of methoxy groups -OCH3 is 2. The van der Waals surface area contributed by atoms with E-state index in [1.807, 2.05) is 12.1 Å². The van der Waals surface area contributed by atoms with Crippen molar-refractivity contribution < 1.29 is 22.8 Å². The summed E-state index contributed by atoms with van der Waals surface area (Å²) in [5, 5.41) is 10.8. The molecule has 10 heteroatoms. The highest BCUT2D eigenvalue weighted by Crippen LogP contribution is 2.33. The SMILES string of the molecule is COc1cc2c(cc1OC)CN(CCCCNS(=O)(=O)c1cccc([N+](=O)[O-])c1)CC2. The van der Waals surface area contributed by atoms with Gasteiger partial charge in [0.15, 0.2) is 11.5 Å². The molecule has 0 atom stereocenters. The van der Waals surface area contributed by atoms with E-state index in [-0.39, 0.29) is 17.1 Å². The van der Waals surface area contributed by atoms with Crippen LogP contribution >= 0.6 is 0 Å². The number of hydrogen-bond donors (Lipinski definition) is 1. The van der Waals surface area contributed by atoms with Crippen LogP contribution in [0, 0.1) is 10.1 Å². The van der Waals surface area contributed by atoms with Gasteiger partial charge < -0.3 is 9.47 Å². The van der Waals surface area contributed by atoms with E-state index in [1.165, 1.54) is 29.3 Å². The Labute approximate surface area is 182 Å². The number of ether oxygens (including phenoxy) is 2. The van der Waals surface area contributed by atoms with E-state index in [0.29, 0.717) is 6.42 Å². The number of rotatable bonds is 10. The molecule has 2 aromatic carbocycles. The number of nitrogens with one attached hydrogen (secondary N) is 1. The zero-order valence-electron chi connectivity index (χ0n) is 17.7. The number of fused-ring (bicyclic) bond motifs is 1. The molecule has 1 N–H and O–H groups in total. The van der Waals surface area contributed by atoms with E-state index in [9.17, 15) is 18.5 Å². The Kier molecular flexibility index (Phi) is 7.47. The normalized spacial score (nSPS) is 14.1. The van der Waals surface area contributed by atoms with Gasteiger partial charge in [-0.2, -0.15) is 0 Å². The maximum absolute atomic E-state index is 12.4. The van der Waals surface area contributed by atoms with Gasteiger partial charge in [-0.25, -0.2) is 13.1 Å². The van der Waals surface area contributed by atoms with E-state index < -0.39 is 14.9 Å². The quantitative estimate of drug-likeness (QED) is 0.337. The summed E-state index contributed by atoms with van der Waals surface area (Å²) >= 11 is 0. The largest absolute Gasteiger partial charge is 0.493 e. The minimum absolute atomic E-state index is 0.0984. The molecule has 2 aromatic rings. The van der Waals surface area contributed by atoms with E-state index in [2.05, 4.69) is 9.62 Å². The molecule has 0 saturated carbocycles. The lowest BCUT2D eigenvalue weighted by atomic mass is 9.98. The second-order valence-electron chi connectivity index (χ2n) is 7.36. The van der Waals surface area contributed by atoms with Gasteiger partial charge >= 0.3 is 0 Å². The van der Waals surface area contributed by atoms with Crippen LogP contribution < -0.4 is 14.2 Å². The molecule has 1 aliphatic heterocycles. The Hall–Kier alpha value is -2.69. The van der Waals surface area contributed by atoms with Gasteiger partial charge in [0.05, 0.1) is 24.0 Å². The molecular weight excluding hydrogens is 422 g/mol. The van der Waals surface area contributed by atoms with Gasteiger partial charge in [-0.05, 0) is 55.1 Å². The third-order valence-corrected chi connectivity index (χ3v) is 6.79. The topological polar surface area (TPSA) is 111 Å². The Morgan fingerprint density at radius 1 is 1.10 bits per heavy atom. The van der Waals surface area contributed by atoms with Crippen LogP contribution in [0.1, 0.15) is 24.0 Å². The lowest BCUT2D eigenvalue weighted by molar-refractivity contribution is -0.385. The zero-order chi connectivity index (χ0) is 22.4. The van der Waals surface area contributed by atoms with Crippen molar-refractivity contribution in [3.63, 3.8) is 0 Å². The van der Waals surface area contributed by atoms with Gasteiger partial charge in [0, 0.05) is 31.8 Å². The molecule has 1 heterocycles. The molecule has 0 unspecified atom stereocenters. The number of unbranched alkanes of at least 4 members (excludes halogenated alkanes) is 1. The van der Waals surface area contributed by atoms with Crippen LogP contribution in [-0.2, 0) is 23.0 Å². The highest BCUT2D eigenvalue weighted by Gasteiger charge is 2.20. The number of benzene rings is 2. The molecule has 9 nitrogen and oxygen atoms in total. The van der Waals surface area contributed by atoms with E-state index in [1.54, 1.807) is 14.2 Å². The molecule has 31 heavy (non-hydrogen) atoms. The smallest absolute Gasteiger partial charge is 0.270 e. The van der Waals surface area contributed by atoms with Crippen LogP contribution in [0.5, 0.6) is 11.5 Å². The molecule has 1 aliphatic rings. The van der Waals surface area contributed by atoms with Crippen molar-refractivity contribution >= 4 is 15.7 Å². The van der Waals surface area contributed by atoms with Crippen molar-refractivity contribution in [2.45, 2.75) is 30.7 Å². The molecule has 0 amide bonds. The molecule has 0 fully saturated rings. The second kappa shape index (κ2) is 10.1. The van der Waals surface area contributed by atoms with Crippen molar-refractivity contribution in [3.8, 4) is 11.5 Å². The summed E-state index contributed by atoms with van der Waals surface area (Å²) in [4.78, 5) is 12.5. The number of nitrogens with zero attached hydrogens (tertiary/aromatic N) is 2. The number of nitro benzene ring substituents is 1. The lowest BCUT2D eigenvalue weighted by Crippen LogP contribution is -2.32. The fourth-order valence-electron chi connectivity index (χ4n) is 3.65. The van der Waals surface area contributed by atoms with Crippen molar-refractivity contribution in [2.24, 2.45) is 0 Å². The Morgan fingerprint density at radius 3 is 2.48 bits per heavy atom. The van der Waals surface area contributed by atoms with Crippen LogP contribution in [-0.4, -0.2) is 52.1 Å². The molecular formula is C21H27N3O6S. The predicted molar refractivity (Wildman–Crippen MR) is 116 cm³/mol. The first-order valence-corrected chi connectivity index (χ1v) is 11.5. The van der Waals surface area contributed by atoms with Gasteiger partial charge in [-0.1, -0.05) is 6.07 Å². The number of hydrogen-bond acceptors (Lipinski definition) is 7. The zero-order valence-corrected chi connectivity index (χ0v) is 18.5. The average Bonchev–Trinajstić information content (AvgIpc) is 2.77. The third-order valence-electron chi connectivity index (χ3n) is 5.33. The van der Waals surface area contributed by atoms with Gasteiger partial charge in [0.1, 0.15) is 0 Å². The third kappa shape index (κ3) is 5.72. The van der Waals surface area contributed by atoms with E-state index >= 15 is 0 Å². The van der Waals surface area contributed by atoms with Crippen LogP contribution in [0.25, 0.3) is 0 Å². The fraction of sp³-hybridized carbons (Fsp3) is 0.429. The number of sulfonamides is 1. The average molecular weight is 450 g/mol. The Balaban J connectivity index is 1.47. The summed E-state index contributed by atoms with van der Waals surface area (Å²) in [5.41, 5.74) is 2.23. The van der Waals surface area contributed by atoms with Crippen LogP contribution in [0.15, 0.2) is 41.3 Å². The first-order valence-electron chi connectivity index (χ1n) is 10.0. The summed E-state index contributed by atoms with van der Waals surface area (Å²) in [5.74, 6) is 1.46. The maximum atomic E-state index is 12.4. The number of nitro groups is 1. The highest BCUT2D eigenvalue weighted by atomic mass is 32.2. The lowest BCUT2D eigenvalue weighted by Gasteiger charge is -2.29. The van der Waals surface area contributed by atoms with Crippen LogP contribution in [0.4, 0.5) is 5.69 Å². The molecule has 0 spiro atoms.